The molecule has 3 rings (SSSR count). The van der Waals surface area contributed by atoms with Crippen LogP contribution in [0.4, 0.5) is 0 Å². The van der Waals surface area contributed by atoms with Crippen LogP contribution in [0.25, 0.3) is 0 Å². The highest BCUT2D eigenvalue weighted by Crippen LogP contribution is 2.26. The van der Waals surface area contributed by atoms with Gasteiger partial charge < -0.3 is 9.84 Å². The van der Waals surface area contributed by atoms with Gasteiger partial charge in [-0.2, -0.15) is 16.7 Å². The first kappa shape index (κ1) is 11.5. The fraction of sp³-hybridized carbons (Fsp3) is 0.818. The Hall–Kier alpha value is -0.590. The molecule has 3 heterocycles. The maximum Gasteiger partial charge on any atom is 0.227 e. The zero-order valence-corrected chi connectivity index (χ0v) is 10.9. The molecule has 0 bridgehead atoms. The molecule has 2 fully saturated rings. The summed E-state index contributed by atoms with van der Waals surface area (Å²) in [6.07, 6.45) is 0.920. The molecule has 1 N–H and O–H groups in total. The van der Waals surface area contributed by atoms with Crippen LogP contribution in [-0.4, -0.2) is 53.2 Å². The van der Waals surface area contributed by atoms with E-state index >= 15 is 0 Å². The average Bonchev–Trinajstić information content (AvgIpc) is 2.73. The molecule has 1 aromatic rings. The zero-order valence-electron chi connectivity index (χ0n) is 10.1. The molecule has 94 valence electrons. The molecular weight excluding hydrogens is 236 g/mol. The first-order valence-corrected chi connectivity index (χ1v) is 7.29. The number of nitrogens with zero attached hydrogens (tertiary/aromatic N) is 3. The van der Waals surface area contributed by atoms with Crippen LogP contribution in [0.15, 0.2) is 4.52 Å². The Labute approximate surface area is 105 Å². The fourth-order valence-electron chi connectivity index (χ4n) is 2.18. The molecule has 2 saturated heterocycles. The van der Waals surface area contributed by atoms with E-state index in [0.29, 0.717) is 12.0 Å². The second-order valence-corrected chi connectivity index (χ2v) is 6.00. The highest BCUT2D eigenvalue weighted by Gasteiger charge is 2.27. The lowest BCUT2D eigenvalue weighted by Crippen LogP contribution is -2.43. The third kappa shape index (κ3) is 2.48. The fourth-order valence-corrected chi connectivity index (χ4v) is 3.39. The Morgan fingerprint density at radius 3 is 3.12 bits per heavy atom. The van der Waals surface area contributed by atoms with Crippen molar-refractivity contribution in [3.05, 3.63) is 11.7 Å². The molecule has 1 atom stereocenters. The van der Waals surface area contributed by atoms with Crippen molar-refractivity contribution < 1.29 is 4.52 Å². The van der Waals surface area contributed by atoms with Gasteiger partial charge in [0.05, 0.1) is 6.04 Å². The van der Waals surface area contributed by atoms with Gasteiger partial charge in [-0.05, 0) is 26.1 Å². The Balaban J connectivity index is 1.65. The molecule has 17 heavy (non-hydrogen) atoms. The summed E-state index contributed by atoms with van der Waals surface area (Å²) in [6.45, 7) is 3.26. The van der Waals surface area contributed by atoms with Crippen LogP contribution in [-0.2, 0) is 6.42 Å². The van der Waals surface area contributed by atoms with E-state index in [4.69, 9.17) is 4.52 Å². The Morgan fingerprint density at radius 1 is 1.53 bits per heavy atom. The monoisotopic (exact) mass is 254 g/mol. The quantitative estimate of drug-likeness (QED) is 0.850. The van der Waals surface area contributed by atoms with Crippen LogP contribution < -0.4 is 5.32 Å². The SMILES string of the molecule is CN1CCSCC1c1noc(CC2CNC2)n1. The van der Waals surface area contributed by atoms with Crippen molar-refractivity contribution in [2.75, 3.05) is 38.2 Å². The van der Waals surface area contributed by atoms with Gasteiger partial charge in [0.25, 0.3) is 0 Å². The van der Waals surface area contributed by atoms with Crippen molar-refractivity contribution in [3.63, 3.8) is 0 Å². The van der Waals surface area contributed by atoms with E-state index in [1.165, 1.54) is 5.75 Å². The third-order valence-electron chi connectivity index (χ3n) is 3.51. The first-order valence-electron chi connectivity index (χ1n) is 6.14. The van der Waals surface area contributed by atoms with Crippen LogP contribution in [0, 0.1) is 5.92 Å². The van der Waals surface area contributed by atoms with Crippen molar-refractivity contribution >= 4 is 11.8 Å². The number of aromatic nitrogens is 2. The molecule has 6 heteroatoms. The van der Waals surface area contributed by atoms with Gasteiger partial charge in [-0.1, -0.05) is 5.16 Å². The summed E-state index contributed by atoms with van der Waals surface area (Å²) in [6, 6.07) is 0.325. The Kier molecular flexibility index (Phi) is 3.35. The van der Waals surface area contributed by atoms with Gasteiger partial charge >= 0.3 is 0 Å². The van der Waals surface area contributed by atoms with E-state index in [0.717, 1.165) is 43.5 Å². The predicted molar refractivity (Wildman–Crippen MR) is 67.1 cm³/mol. The standard InChI is InChI=1S/C11H18N4OS/c1-15-2-3-17-7-9(15)11-13-10(16-14-11)4-8-5-12-6-8/h8-9,12H,2-7H2,1H3. The van der Waals surface area contributed by atoms with Gasteiger partial charge in [0.2, 0.25) is 5.89 Å². The Morgan fingerprint density at radius 2 is 2.41 bits per heavy atom. The molecule has 5 nitrogen and oxygen atoms in total. The smallest absolute Gasteiger partial charge is 0.227 e. The average molecular weight is 254 g/mol. The molecule has 1 unspecified atom stereocenters. The minimum absolute atomic E-state index is 0.325. The molecule has 0 spiro atoms. The summed E-state index contributed by atoms with van der Waals surface area (Å²) in [5.74, 6) is 4.62. The number of hydrogen-bond acceptors (Lipinski definition) is 6. The number of rotatable bonds is 3. The molecular formula is C11H18N4OS. The highest BCUT2D eigenvalue weighted by molar-refractivity contribution is 7.99. The summed E-state index contributed by atoms with van der Waals surface area (Å²) in [4.78, 5) is 6.86. The van der Waals surface area contributed by atoms with E-state index in [9.17, 15) is 0 Å². The molecule has 2 aliphatic rings. The van der Waals surface area contributed by atoms with Crippen LogP contribution in [0.1, 0.15) is 17.8 Å². The van der Waals surface area contributed by atoms with Gasteiger partial charge in [0.1, 0.15) is 0 Å². The summed E-state index contributed by atoms with van der Waals surface area (Å²) >= 11 is 1.97. The van der Waals surface area contributed by atoms with Gasteiger partial charge in [-0.25, -0.2) is 0 Å². The Bertz CT molecular complexity index is 379. The van der Waals surface area contributed by atoms with Gasteiger partial charge in [-0.3, -0.25) is 4.90 Å². The third-order valence-corrected chi connectivity index (χ3v) is 4.53. The lowest BCUT2D eigenvalue weighted by atomic mass is 10.00. The zero-order chi connectivity index (χ0) is 11.7. The summed E-state index contributed by atoms with van der Waals surface area (Å²) in [5.41, 5.74) is 0. The van der Waals surface area contributed by atoms with E-state index in [1.54, 1.807) is 0 Å². The molecule has 1 aromatic heterocycles. The summed E-state index contributed by atoms with van der Waals surface area (Å²) in [5, 5.41) is 7.40. The van der Waals surface area contributed by atoms with Gasteiger partial charge in [0.15, 0.2) is 5.82 Å². The lowest BCUT2D eigenvalue weighted by Gasteiger charge is -2.29. The van der Waals surface area contributed by atoms with Crippen LogP contribution >= 0.6 is 11.8 Å². The minimum Gasteiger partial charge on any atom is -0.339 e. The van der Waals surface area contributed by atoms with E-state index in [1.807, 2.05) is 11.8 Å². The van der Waals surface area contributed by atoms with Crippen LogP contribution in [0.3, 0.4) is 0 Å². The molecule has 0 aromatic carbocycles. The predicted octanol–water partition coefficient (Wildman–Crippen LogP) is 0.551. The molecule has 2 aliphatic heterocycles. The minimum atomic E-state index is 0.325. The van der Waals surface area contributed by atoms with E-state index in [2.05, 4.69) is 27.4 Å². The second kappa shape index (κ2) is 4.96. The topological polar surface area (TPSA) is 54.2 Å². The van der Waals surface area contributed by atoms with Crippen LogP contribution in [0.5, 0.6) is 0 Å². The largest absolute Gasteiger partial charge is 0.339 e. The number of hydrogen-bond donors (Lipinski definition) is 1. The highest BCUT2D eigenvalue weighted by atomic mass is 32.2. The number of nitrogens with one attached hydrogen (secondary N) is 1. The molecule has 0 saturated carbocycles. The number of thioether (sulfide) groups is 1. The van der Waals surface area contributed by atoms with E-state index < -0.39 is 0 Å². The normalized spacial score (nSPS) is 27.0. The van der Waals surface area contributed by atoms with Crippen molar-refractivity contribution in [1.29, 1.82) is 0 Å². The van der Waals surface area contributed by atoms with Gasteiger partial charge in [0, 0.05) is 24.5 Å². The van der Waals surface area contributed by atoms with E-state index in [-0.39, 0.29) is 0 Å². The van der Waals surface area contributed by atoms with Crippen molar-refractivity contribution in [3.8, 4) is 0 Å². The summed E-state index contributed by atoms with van der Waals surface area (Å²) < 4.78 is 5.35. The van der Waals surface area contributed by atoms with Crippen LogP contribution in [0.2, 0.25) is 0 Å². The van der Waals surface area contributed by atoms with Crippen molar-refractivity contribution in [2.24, 2.45) is 5.92 Å². The summed E-state index contributed by atoms with van der Waals surface area (Å²) in [7, 11) is 2.14. The van der Waals surface area contributed by atoms with Crippen molar-refractivity contribution in [2.45, 2.75) is 12.5 Å². The molecule has 0 amide bonds. The maximum atomic E-state index is 5.35. The van der Waals surface area contributed by atoms with Gasteiger partial charge in [-0.15, -0.1) is 0 Å². The molecule has 0 aliphatic carbocycles. The first-order chi connectivity index (χ1) is 8.33. The maximum absolute atomic E-state index is 5.35. The lowest BCUT2D eigenvalue weighted by molar-refractivity contribution is 0.254. The second-order valence-electron chi connectivity index (χ2n) is 4.85. The van der Waals surface area contributed by atoms with Crippen molar-refractivity contribution in [1.82, 2.24) is 20.4 Å². The molecule has 0 radical (unpaired) electrons.